The van der Waals surface area contributed by atoms with Gasteiger partial charge in [0.05, 0.1) is 18.5 Å². The molecule has 1 amide bonds. The average Bonchev–Trinajstić information content (AvgIpc) is 3.47. The maximum Gasteiger partial charge on any atom is 0.261 e. The third kappa shape index (κ3) is 4.26. The second-order valence-corrected chi connectivity index (χ2v) is 9.98. The Balaban J connectivity index is 1.33. The number of imidazole rings is 1. The van der Waals surface area contributed by atoms with Gasteiger partial charge in [0.1, 0.15) is 22.6 Å². The highest BCUT2D eigenvalue weighted by Gasteiger charge is 2.30. The lowest BCUT2D eigenvalue weighted by Gasteiger charge is -2.34. The lowest BCUT2D eigenvalue weighted by atomic mass is 10.0. The van der Waals surface area contributed by atoms with Crippen molar-refractivity contribution in [2.45, 2.75) is 44.7 Å². The molecule has 1 aliphatic heterocycles. The predicted molar refractivity (Wildman–Crippen MR) is 136 cm³/mol. The maximum absolute atomic E-state index is 15.6. The smallest absolute Gasteiger partial charge is 0.261 e. The van der Waals surface area contributed by atoms with Crippen LogP contribution in [0.1, 0.15) is 41.7 Å². The number of halogens is 2. The van der Waals surface area contributed by atoms with E-state index in [1.54, 1.807) is 31.0 Å². The van der Waals surface area contributed by atoms with E-state index in [0.717, 1.165) is 31.6 Å². The molecule has 6 rings (SSSR count). The molecule has 1 saturated carbocycles. The number of piperidine rings is 1. The Kier molecular flexibility index (Phi) is 5.74. The van der Waals surface area contributed by atoms with Crippen LogP contribution in [0.2, 0.25) is 0 Å². The number of hydrogen-bond donors (Lipinski definition) is 2. The minimum Gasteiger partial charge on any atom is -0.491 e. The molecular formula is C26H29F2N7O2. The van der Waals surface area contributed by atoms with E-state index in [2.05, 4.69) is 25.6 Å². The zero-order valence-corrected chi connectivity index (χ0v) is 21.0. The first-order valence-corrected chi connectivity index (χ1v) is 12.5. The number of hydrogen-bond acceptors (Lipinski definition) is 6. The molecule has 1 aromatic carbocycles. The number of aromatic nitrogens is 4. The first-order valence-electron chi connectivity index (χ1n) is 12.5. The topological polar surface area (TPSA) is 88.7 Å². The molecule has 11 heteroatoms. The van der Waals surface area contributed by atoms with Gasteiger partial charge >= 0.3 is 0 Å². The van der Waals surface area contributed by atoms with E-state index in [1.165, 1.54) is 36.6 Å². The van der Waals surface area contributed by atoms with Gasteiger partial charge in [-0.1, -0.05) is 0 Å². The van der Waals surface area contributed by atoms with Crippen molar-refractivity contribution in [2.24, 2.45) is 7.05 Å². The van der Waals surface area contributed by atoms with E-state index in [9.17, 15) is 4.79 Å². The Bertz CT molecular complexity index is 1520. The quantitative estimate of drug-likeness (QED) is 0.411. The largest absolute Gasteiger partial charge is 0.491 e. The first kappa shape index (κ1) is 23.7. The molecule has 2 aliphatic rings. The number of benzene rings is 1. The third-order valence-corrected chi connectivity index (χ3v) is 7.17. The first-order chi connectivity index (χ1) is 17.8. The van der Waals surface area contributed by atoms with Crippen LogP contribution in [0.3, 0.4) is 0 Å². The van der Waals surface area contributed by atoms with E-state index in [-0.39, 0.29) is 28.2 Å². The summed E-state index contributed by atoms with van der Waals surface area (Å²) in [6.45, 7) is 3.32. The number of methoxy groups -OCH3 is 1. The van der Waals surface area contributed by atoms with Crippen molar-refractivity contribution in [2.75, 3.05) is 30.4 Å². The van der Waals surface area contributed by atoms with Crippen molar-refractivity contribution >= 4 is 33.8 Å². The molecule has 3 aromatic heterocycles. The van der Waals surface area contributed by atoms with Crippen LogP contribution >= 0.6 is 0 Å². The Morgan fingerprint density at radius 2 is 1.84 bits per heavy atom. The number of aryl methyl sites for hydroxylation is 2. The molecule has 1 aliphatic carbocycles. The number of carbonyl (C=O) groups excluding carboxylic acids is 1. The monoisotopic (exact) mass is 509 g/mol. The van der Waals surface area contributed by atoms with Crippen molar-refractivity contribution in [3.8, 4) is 5.75 Å². The van der Waals surface area contributed by atoms with Gasteiger partial charge in [0.15, 0.2) is 11.4 Å². The summed E-state index contributed by atoms with van der Waals surface area (Å²) in [6.07, 6.45) is 9.38. The lowest BCUT2D eigenvalue weighted by molar-refractivity contribution is 0.102. The molecule has 194 valence electrons. The van der Waals surface area contributed by atoms with Gasteiger partial charge in [-0.05, 0) is 38.7 Å². The minimum atomic E-state index is -0.742. The van der Waals surface area contributed by atoms with Crippen molar-refractivity contribution in [1.29, 1.82) is 0 Å². The number of ether oxygens (including phenoxy) is 1. The highest BCUT2D eigenvalue weighted by Crippen LogP contribution is 2.35. The Labute approximate surface area is 212 Å². The van der Waals surface area contributed by atoms with Crippen molar-refractivity contribution in [3.05, 3.63) is 47.5 Å². The number of amides is 1. The summed E-state index contributed by atoms with van der Waals surface area (Å²) in [6, 6.07) is 2.55. The van der Waals surface area contributed by atoms with Crippen LogP contribution in [0.4, 0.5) is 20.2 Å². The second kappa shape index (κ2) is 8.98. The third-order valence-electron chi connectivity index (χ3n) is 7.17. The van der Waals surface area contributed by atoms with Crippen LogP contribution in [0.5, 0.6) is 5.75 Å². The van der Waals surface area contributed by atoms with E-state index >= 15 is 8.78 Å². The number of rotatable bonds is 6. The SMILES string of the molecule is COc1c(NC(=O)c2c(F)cc(N3CCC(NC4CC4)CC3)c3cn(C)nc23)cn2cc(C)nc2c1F. The fourth-order valence-corrected chi connectivity index (χ4v) is 5.26. The Hall–Kier alpha value is -3.73. The zero-order valence-electron chi connectivity index (χ0n) is 21.0. The predicted octanol–water partition coefficient (Wildman–Crippen LogP) is 3.79. The summed E-state index contributed by atoms with van der Waals surface area (Å²) in [4.78, 5) is 19.7. The Morgan fingerprint density at radius 1 is 1.11 bits per heavy atom. The molecule has 9 nitrogen and oxygen atoms in total. The molecule has 0 spiro atoms. The molecule has 1 saturated heterocycles. The van der Waals surface area contributed by atoms with Crippen LogP contribution in [0, 0.1) is 18.6 Å². The summed E-state index contributed by atoms with van der Waals surface area (Å²) in [5, 5.41) is 11.4. The van der Waals surface area contributed by atoms with Gasteiger partial charge in [0.2, 0.25) is 5.82 Å². The van der Waals surface area contributed by atoms with Gasteiger partial charge in [0, 0.05) is 56.2 Å². The molecule has 4 heterocycles. The zero-order chi connectivity index (χ0) is 25.8. The number of nitrogens with one attached hydrogen (secondary N) is 2. The van der Waals surface area contributed by atoms with Crippen LogP contribution in [0.25, 0.3) is 16.6 Å². The molecule has 4 aromatic rings. The fraction of sp³-hybridized carbons (Fsp3) is 0.423. The van der Waals surface area contributed by atoms with Crippen molar-refractivity contribution < 1.29 is 18.3 Å². The standard InChI is InChI=1S/C26H29F2N7O2/c1-14-11-35-13-19(24(37-3)22(28)25(35)29-14)31-26(36)21-18(27)10-20(17-12-33(2)32-23(17)21)34-8-6-16(7-9-34)30-15-4-5-15/h10-13,15-16,30H,4-9H2,1-3H3,(H,31,36). The number of fused-ring (bicyclic) bond motifs is 2. The van der Waals surface area contributed by atoms with E-state index < -0.39 is 17.5 Å². The summed E-state index contributed by atoms with van der Waals surface area (Å²) < 4.78 is 38.9. The molecule has 0 bridgehead atoms. The van der Waals surface area contributed by atoms with E-state index in [1.807, 2.05) is 0 Å². The molecule has 0 unspecified atom stereocenters. The molecule has 2 fully saturated rings. The second-order valence-electron chi connectivity index (χ2n) is 9.98. The highest BCUT2D eigenvalue weighted by atomic mass is 19.1. The summed E-state index contributed by atoms with van der Waals surface area (Å²) in [5.41, 5.74) is 1.52. The minimum absolute atomic E-state index is 0.0627. The molecule has 2 N–H and O–H groups in total. The summed E-state index contributed by atoms with van der Waals surface area (Å²) in [7, 11) is 3.04. The number of carbonyl (C=O) groups is 1. The van der Waals surface area contributed by atoms with Gasteiger partial charge in [-0.25, -0.2) is 9.37 Å². The van der Waals surface area contributed by atoms with Gasteiger partial charge in [-0.3, -0.25) is 9.48 Å². The van der Waals surface area contributed by atoms with Crippen LogP contribution in [-0.4, -0.2) is 57.4 Å². The maximum atomic E-state index is 15.6. The van der Waals surface area contributed by atoms with E-state index in [0.29, 0.717) is 23.2 Å². The molecule has 0 atom stereocenters. The molecular weight excluding hydrogens is 480 g/mol. The fourth-order valence-electron chi connectivity index (χ4n) is 5.26. The molecule has 0 radical (unpaired) electrons. The van der Waals surface area contributed by atoms with Crippen LogP contribution in [-0.2, 0) is 7.05 Å². The van der Waals surface area contributed by atoms with Gasteiger partial charge in [-0.2, -0.15) is 9.49 Å². The average molecular weight is 510 g/mol. The highest BCUT2D eigenvalue weighted by molar-refractivity contribution is 6.14. The van der Waals surface area contributed by atoms with Crippen LogP contribution < -0.4 is 20.3 Å². The number of anilines is 2. The number of pyridine rings is 1. The van der Waals surface area contributed by atoms with Crippen molar-refractivity contribution in [1.82, 2.24) is 24.5 Å². The lowest BCUT2D eigenvalue weighted by Crippen LogP contribution is -2.43. The number of nitrogens with zero attached hydrogens (tertiary/aromatic N) is 5. The van der Waals surface area contributed by atoms with Gasteiger partial charge < -0.3 is 24.7 Å². The van der Waals surface area contributed by atoms with E-state index in [4.69, 9.17) is 4.74 Å². The summed E-state index contributed by atoms with van der Waals surface area (Å²) >= 11 is 0. The van der Waals surface area contributed by atoms with Gasteiger partial charge in [-0.15, -0.1) is 0 Å². The normalized spacial score (nSPS) is 16.6. The summed E-state index contributed by atoms with van der Waals surface area (Å²) in [5.74, 6) is -2.32. The molecule has 37 heavy (non-hydrogen) atoms. The van der Waals surface area contributed by atoms with Crippen molar-refractivity contribution in [3.63, 3.8) is 0 Å². The van der Waals surface area contributed by atoms with Crippen LogP contribution in [0.15, 0.2) is 24.7 Å². The Morgan fingerprint density at radius 3 is 2.54 bits per heavy atom. The van der Waals surface area contributed by atoms with Gasteiger partial charge in [0.25, 0.3) is 5.91 Å².